The van der Waals surface area contributed by atoms with E-state index in [4.69, 9.17) is 14.2 Å². The molecule has 0 saturated heterocycles. The topological polar surface area (TPSA) is 99.1 Å². The molecule has 3 aromatic rings. The van der Waals surface area contributed by atoms with E-state index in [0.717, 1.165) is 11.1 Å². The smallest absolute Gasteiger partial charge is 0.338 e. The quantitative estimate of drug-likeness (QED) is 0.275. The highest BCUT2D eigenvalue weighted by Crippen LogP contribution is 2.22. The van der Waals surface area contributed by atoms with E-state index in [2.05, 4.69) is 15.5 Å². The van der Waals surface area contributed by atoms with Gasteiger partial charge in [-0.15, -0.1) is 0 Å². The third kappa shape index (κ3) is 7.16. The van der Waals surface area contributed by atoms with Crippen LogP contribution in [-0.4, -0.2) is 36.8 Å². The highest BCUT2D eigenvalue weighted by Gasteiger charge is 2.10. The van der Waals surface area contributed by atoms with Crippen molar-refractivity contribution in [2.24, 2.45) is 11.0 Å². The van der Waals surface area contributed by atoms with Gasteiger partial charge in [-0.05, 0) is 66.1 Å². The van der Waals surface area contributed by atoms with Crippen LogP contribution in [0.2, 0.25) is 0 Å². The van der Waals surface area contributed by atoms with Crippen molar-refractivity contribution in [1.82, 2.24) is 10.4 Å². The third-order valence-electron chi connectivity index (χ3n) is 4.64. The first-order valence-corrected chi connectivity index (χ1v) is 10.8. The van der Waals surface area contributed by atoms with Crippen molar-refractivity contribution in [1.29, 1.82) is 0 Å². The van der Waals surface area contributed by atoms with E-state index in [1.807, 2.05) is 26.0 Å². The molecule has 1 N–H and O–H groups in total. The summed E-state index contributed by atoms with van der Waals surface area (Å²) in [5.41, 5.74) is 4.92. The zero-order valence-corrected chi connectivity index (χ0v) is 19.4. The summed E-state index contributed by atoms with van der Waals surface area (Å²) in [4.78, 5) is 28.0. The minimum atomic E-state index is -0.357. The molecule has 0 atom stereocenters. The van der Waals surface area contributed by atoms with Gasteiger partial charge in [0, 0.05) is 18.0 Å². The van der Waals surface area contributed by atoms with Gasteiger partial charge in [0.1, 0.15) is 18.1 Å². The van der Waals surface area contributed by atoms with Gasteiger partial charge < -0.3 is 14.2 Å². The number of methoxy groups -OCH3 is 1. The normalized spacial score (nSPS) is 10.8. The molecule has 0 aliphatic heterocycles. The van der Waals surface area contributed by atoms with Crippen molar-refractivity contribution in [2.45, 2.75) is 20.5 Å². The highest BCUT2D eigenvalue weighted by molar-refractivity contribution is 5.94. The Kier molecular flexibility index (Phi) is 8.73. The number of pyridine rings is 1. The SMILES string of the molecule is COc1ccc(/C=N\NC(=O)c2cccnc2)cc1COc1ccc(C(=O)OCC(C)C)cc1. The maximum absolute atomic E-state index is 12.1. The van der Waals surface area contributed by atoms with Gasteiger partial charge in [-0.2, -0.15) is 5.10 Å². The van der Waals surface area contributed by atoms with E-state index in [1.165, 1.54) is 12.4 Å². The molecule has 0 spiro atoms. The molecule has 0 unspecified atom stereocenters. The van der Waals surface area contributed by atoms with Crippen molar-refractivity contribution in [3.8, 4) is 11.5 Å². The second-order valence-electron chi connectivity index (χ2n) is 7.82. The lowest BCUT2D eigenvalue weighted by Crippen LogP contribution is -2.17. The lowest BCUT2D eigenvalue weighted by Gasteiger charge is -2.12. The number of hydrogen-bond acceptors (Lipinski definition) is 7. The summed E-state index contributed by atoms with van der Waals surface area (Å²) in [5, 5.41) is 4.01. The fourth-order valence-corrected chi connectivity index (χ4v) is 2.89. The van der Waals surface area contributed by atoms with Gasteiger partial charge in [-0.3, -0.25) is 9.78 Å². The van der Waals surface area contributed by atoms with E-state index < -0.39 is 0 Å². The van der Waals surface area contributed by atoms with Gasteiger partial charge in [-0.1, -0.05) is 13.8 Å². The monoisotopic (exact) mass is 461 g/mol. The second-order valence-corrected chi connectivity index (χ2v) is 7.82. The van der Waals surface area contributed by atoms with Crippen molar-refractivity contribution >= 4 is 18.1 Å². The Bertz CT molecular complexity index is 1130. The maximum Gasteiger partial charge on any atom is 0.338 e. The van der Waals surface area contributed by atoms with E-state index >= 15 is 0 Å². The van der Waals surface area contributed by atoms with Crippen LogP contribution in [0.4, 0.5) is 0 Å². The first kappa shape index (κ1) is 24.4. The van der Waals surface area contributed by atoms with Gasteiger partial charge in [0.25, 0.3) is 5.91 Å². The fraction of sp³-hybridized carbons (Fsp3) is 0.231. The van der Waals surface area contributed by atoms with Crippen molar-refractivity contribution in [3.05, 3.63) is 89.2 Å². The molecular formula is C26H27N3O5. The molecule has 3 rings (SSSR count). The first-order chi connectivity index (χ1) is 16.5. The molecule has 0 fully saturated rings. The van der Waals surface area contributed by atoms with E-state index in [1.54, 1.807) is 55.8 Å². The number of benzene rings is 2. The second kappa shape index (κ2) is 12.2. The highest BCUT2D eigenvalue weighted by atomic mass is 16.5. The van der Waals surface area contributed by atoms with Crippen molar-refractivity contribution in [3.63, 3.8) is 0 Å². The molecule has 0 saturated carbocycles. The Morgan fingerprint density at radius 2 is 1.88 bits per heavy atom. The molecule has 8 nitrogen and oxygen atoms in total. The molecule has 1 aromatic heterocycles. The van der Waals surface area contributed by atoms with E-state index in [0.29, 0.717) is 29.2 Å². The number of hydrazone groups is 1. The molecule has 0 aliphatic carbocycles. The summed E-state index contributed by atoms with van der Waals surface area (Å²) < 4.78 is 16.5. The molecule has 0 bridgehead atoms. The Hall–Kier alpha value is -4.20. The van der Waals surface area contributed by atoms with Gasteiger partial charge in [0.2, 0.25) is 0 Å². The van der Waals surface area contributed by atoms with Crippen LogP contribution in [0.5, 0.6) is 11.5 Å². The predicted molar refractivity (Wildman–Crippen MR) is 128 cm³/mol. The molecule has 0 aliphatic rings. The number of nitrogens with zero attached hydrogens (tertiary/aromatic N) is 2. The zero-order chi connectivity index (χ0) is 24.3. The van der Waals surface area contributed by atoms with E-state index in [9.17, 15) is 9.59 Å². The van der Waals surface area contributed by atoms with Crippen LogP contribution in [0, 0.1) is 5.92 Å². The standard InChI is InChI=1S/C26H27N3O5/c1-18(2)16-34-26(31)20-7-9-23(10-8-20)33-17-22-13-19(6-11-24(22)32-3)14-28-29-25(30)21-5-4-12-27-15-21/h4-15,18H,16-17H2,1-3H3,(H,29,30)/b28-14-. The van der Waals surface area contributed by atoms with Gasteiger partial charge in [-0.25, -0.2) is 10.2 Å². The summed E-state index contributed by atoms with van der Waals surface area (Å²) >= 11 is 0. The summed E-state index contributed by atoms with van der Waals surface area (Å²) in [6, 6.07) is 15.6. The average molecular weight is 462 g/mol. The third-order valence-corrected chi connectivity index (χ3v) is 4.64. The number of esters is 1. The molecule has 34 heavy (non-hydrogen) atoms. The molecule has 2 aromatic carbocycles. The largest absolute Gasteiger partial charge is 0.496 e. The minimum absolute atomic E-state index is 0.240. The van der Waals surface area contributed by atoms with Crippen LogP contribution in [0.1, 0.15) is 45.7 Å². The summed E-state index contributed by atoms with van der Waals surface area (Å²) in [5.74, 6) is 0.831. The van der Waals surface area contributed by atoms with Crippen LogP contribution >= 0.6 is 0 Å². The zero-order valence-electron chi connectivity index (χ0n) is 19.4. The van der Waals surface area contributed by atoms with Crippen LogP contribution in [0.3, 0.4) is 0 Å². The number of carbonyl (C=O) groups is 2. The number of ether oxygens (including phenoxy) is 3. The first-order valence-electron chi connectivity index (χ1n) is 10.8. The number of rotatable bonds is 10. The predicted octanol–water partition coefficient (Wildman–Crippen LogP) is 4.25. The molecule has 8 heteroatoms. The Balaban J connectivity index is 1.60. The Morgan fingerprint density at radius 1 is 1.09 bits per heavy atom. The number of hydrogen-bond donors (Lipinski definition) is 1. The lowest BCUT2D eigenvalue weighted by molar-refractivity contribution is 0.0459. The minimum Gasteiger partial charge on any atom is -0.496 e. The average Bonchev–Trinajstić information content (AvgIpc) is 2.86. The Morgan fingerprint density at radius 3 is 2.56 bits per heavy atom. The molecule has 1 amide bonds. The van der Waals surface area contributed by atoms with Crippen LogP contribution in [0.15, 0.2) is 72.1 Å². The van der Waals surface area contributed by atoms with Crippen LogP contribution < -0.4 is 14.9 Å². The molecule has 1 heterocycles. The van der Waals surface area contributed by atoms with E-state index in [-0.39, 0.29) is 24.4 Å². The molecular weight excluding hydrogens is 434 g/mol. The fourth-order valence-electron chi connectivity index (χ4n) is 2.89. The van der Waals surface area contributed by atoms with Crippen LogP contribution in [0.25, 0.3) is 0 Å². The maximum atomic E-state index is 12.1. The van der Waals surface area contributed by atoms with Crippen molar-refractivity contribution in [2.75, 3.05) is 13.7 Å². The molecule has 176 valence electrons. The van der Waals surface area contributed by atoms with Gasteiger partial charge in [0.15, 0.2) is 0 Å². The number of aromatic nitrogens is 1. The number of carbonyl (C=O) groups excluding carboxylic acids is 2. The Labute approximate surface area is 198 Å². The summed E-state index contributed by atoms with van der Waals surface area (Å²) in [6.07, 6.45) is 4.60. The van der Waals surface area contributed by atoms with Gasteiger partial charge >= 0.3 is 5.97 Å². The van der Waals surface area contributed by atoms with Crippen molar-refractivity contribution < 1.29 is 23.8 Å². The molecule has 0 radical (unpaired) electrons. The number of nitrogens with one attached hydrogen (secondary N) is 1. The summed E-state index contributed by atoms with van der Waals surface area (Å²) in [7, 11) is 1.58. The van der Waals surface area contributed by atoms with Crippen LogP contribution in [-0.2, 0) is 11.3 Å². The number of amides is 1. The summed E-state index contributed by atoms with van der Waals surface area (Å²) in [6.45, 7) is 4.59. The lowest BCUT2D eigenvalue weighted by atomic mass is 10.1. The van der Waals surface area contributed by atoms with Gasteiger partial charge in [0.05, 0.1) is 31.1 Å².